The predicted octanol–water partition coefficient (Wildman–Crippen LogP) is 1.12. The van der Waals surface area contributed by atoms with Gasteiger partial charge in [0.25, 0.3) is 5.91 Å². The monoisotopic (exact) mass is 423 g/mol. The Morgan fingerprint density at radius 1 is 1.19 bits per heavy atom. The maximum Gasteiger partial charge on any atom is 0.253 e. The van der Waals surface area contributed by atoms with Gasteiger partial charge in [0.1, 0.15) is 0 Å². The van der Waals surface area contributed by atoms with Crippen LogP contribution in [0.25, 0.3) is 10.9 Å². The van der Waals surface area contributed by atoms with Crippen LogP contribution >= 0.6 is 0 Å². The number of hydrogen-bond acceptors (Lipinski definition) is 5. The molecule has 1 unspecified atom stereocenters. The third-order valence-corrected chi connectivity index (χ3v) is 7.02. The molecule has 0 bridgehead atoms. The number of nitrogens with one attached hydrogen (secondary N) is 3. The van der Waals surface area contributed by atoms with Gasteiger partial charge in [0, 0.05) is 49.8 Å². The zero-order chi connectivity index (χ0) is 21.6. The summed E-state index contributed by atoms with van der Waals surface area (Å²) in [5, 5.41) is 6.04. The number of likely N-dealkylation sites (tertiary alicyclic amines) is 1. The molecule has 2 aromatic heterocycles. The van der Waals surface area contributed by atoms with E-state index in [1.165, 1.54) is 0 Å². The van der Waals surface area contributed by atoms with Crippen molar-refractivity contribution >= 4 is 34.5 Å². The Balaban J connectivity index is 1.31. The highest BCUT2D eigenvalue weighted by molar-refractivity contribution is 6.06. The van der Waals surface area contributed by atoms with Crippen molar-refractivity contribution in [2.45, 2.75) is 44.6 Å². The van der Waals surface area contributed by atoms with Crippen LogP contribution in [-0.4, -0.2) is 57.6 Å². The number of imide groups is 1. The molecule has 9 heteroatoms. The largest absolute Gasteiger partial charge is 0.360 e. The average Bonchev–Trinajstić information content (AvgIpc) is 3.35. The van der Waals surface area contributed by atoms with E-state index < -0.39 is 17.7 Å². The number of nitrogens with zero attached hydrogens (tertiary/aromatic N) is 2. The van der Waals surface area contributed by atoms with Crippen LogP contribution in [0.5, 0.6) is 0 Å². The Hall–Kier alpha value is -3.23. The number of rotatable bonds is 4. The summed E-state index contributed by atoms with van der Waals surface area (Å²) in [4.78, 5) is 58.6. The lowest BCUT2D eigenvalue weighted by atomic mass is 9.67. The second-order valence-electron chi connectivity index (χ2n) is 9.09. The smallest absolute Gasteiger partial charge is 0.253 e. The first-order valence-corrected chi connectivity index (χ1v) is 10.8. The van der Waals surface area contributed by atoms with Gasteiger partial charge in [-0.25, -0.2) is 0 Å². The van der Waals surface area contributed by atoms with Gasteiger partial charge in [-0.05, 0) is 30.7 Å². The zero-order valence-electron chi connectivity index (χ0n) is 17.1. The molecule has 4 amide bonds. The van der Waals surface area contributed by atoms with Crippen molar-refractivity contribution < 1.29 is 19.2 Å². The molecule has 5 rings (SSSR count). The summed E-state index contributed by atoms with van der Waals surface area (Å²) < 4.78 is 0. The number of piperidine rings is 1. The van der Waals surface area contributed by atoms with Crippen molar-refractivity contribution in [3.8, 4) is 0 Å². The SMILES string of the molecule is O=C1CC(C(=O)N2CC3(CCC3)CC2CNC(=O)c2cncc3[nH]ccc23)CC(=O)N1. The Morgan fingerprint density at radius 2 is 1.97 bits per heavy atom. The van der Waals surface area contributed by atoms with E-state index in [4.69, 9.17) is 0 Å². The molecule has 0 aromatic carbocycles. The minimum atomic E-state index is -0.618. The molecular weight excluding hydrogens is 398 g/mol. The van der Waals surface area contributed by atoms with E-state index >= 15 is 0 Å². The Bertz CT molecular complexity index is 1060. The molecule has 9 nitrogen and oxygen atoms in total. The van der Waals surface area contributed by atoms with E-state index in [0.717, 1.165) is 36.6 Å². The second kappa shape index (κ2) is 7.47. The highest BCUT2D eigenvalue weighted by Gasteiger charge is 2.50. The van der Waals surface area contributed by atoms with Crippen molar-refractivity contribution in [2.75, 3.05) is 13.1 Å². The molecule has 2 saturated heterocycles. The predicted molar refractivity (Wildman–Crippen MR) is 111 cm³/mol. The number of carbonyl (C=O) groups excluding carboxylic acids is 4. The van der Waals surface area contributed by atoms with Gasteiger partial charge in [-0.15, -0.1) is 0 Å². The molecule has 1 saturated carbocycles. The van der Waals surface area contributed by atoms with Gasteiger partial charge in [-0.3, -0.25) is 29.5 Å². The maximum absolute atomic E-state index is 13.3. The van der Waals surface area contributed by atoms with Gasteiger partial charge in [-0.2, -0.15) is 0 Å². The van der Waals surface area contributed by atoms with Gasteiger partial charge in [0.05, 0.1) is 23.2 Å². The van der Waals surface area contributed by atoms with E-state index in [9.17, 15) is 19.2 Å². The van der Waals surface area contributed by atoms with Crippen molar-refractivity contribution in [3.63, 3.8) is 0 Å². The van der Waals surface area contributed by atoms with Crippen molar-refractivity contribution in [3.05, 3.63) is 30.2 Å². The molecule has 3 N–H and O–H groups in total. The Kier molecular flexibility index (Phi) is 4.75. The van der Waals surface area contributed by atoms with Crippen molar-refractivity contribution in [1.82, 2.24) is 25.5 Å². The normalized spacial score (nSPS) is 23.1. The average molecular weight is 423 g/mol. The highest BCUT2D eigenvalue weighted by atomic mass is 16.2. The van der Waals surface area contributed by atoms with Crippen LogP contribution in [0.4, 0.5) is 0 Å². The molecular formula is C22H25N5O4. The van der Waals surface area contributed by atoms with Crippen LogP contribution < -0.4 is 10.6 Å². The minimum Gasteiger partial charge on any atom is -0.360 e. The molecule has 1 aliphatic carbocycles. The van der Waals surface area contributed by atoms with Crippen LogP contribution in [0.2, 0.25) is 0 Å². The first-order chi connectivity index (χ1) is 14.9. The number of H-pyrrole nitrogens is 1. The summed E-state index contributed by atoms with van der Waals surface area (Å²) in [6.45, 7) is 0.966. The number of aromatic nitrogens is 2. The van der Waals surface area contributed by atoms with E-state index in [1.54, 1.807) is 18.6 Å². The lowest BCUT2D eigenvalue weighted by Gasteiger charge is -2.38. The Morgan fingerprint density at radius 3 is 2.68 bits per heavy atom. The van der Waals surface area contributed by atoms with Crippen molar-refractivity contribution in [2.24, 2.45) is 11.3 Å². The summed E-state index contributed by atoms with van der Waals surface area (Å²) in [6, 6.07) is 1.70. The van der Waals surface area contributed by atoms with E-state index in [2.05, 4.69) is 20.6 Å². The summed E-state index contributed by atoms with van der Waals surface area (Å²) in [5.74, 6) is -1.80. The number of hydrogen-bond donors (Lipinski definition) is 3. The first kappa shape index (κ1) is 19.7. The molecule has 4 heterocycles. The third kappa shape index (κ3) is 3.58. The quantitative estimate of drug-likeness (QED) is 0.636. The molecule has 1 spiro atoms. The number of amides is 4. The van der Waals surface area contributed by atoms with Gasteiger partial charge in [-0.1, -0.05) is 6.42 Å². The summed E-state index contributed by atoms with van der Waals surface area (Å²) >= 11 is 0. The van der Waals surface area contributed by atoms with Gasteiger partial charge < -0.3 is 15.2 Å². The topological polar surface area (TPSA) is 124 Å². The van der Waals surface area contributed by atoms with Gasteiger partial charge >= 0.3 is 0 Å². The van der Waals surface area contributed by atoms with Gasteiger partial charge in [0.2, 0.25) is 17.7 Å². The molecule has 2 aromatic rings. The highest BCUT2D eigenvalue weighted by Crippen LogP contribution is 2.50. The fourth-order valence-corrected chi connectivity index (χ4v) is 5.30. The Labute approximate surface area is 179 Å². The lowest BCUT2D eigenvalue weighted by molar-refractivity contribution is -0.146. The molecule has 2 aliphatic heterocycles. The van der Waals surface area contributed by atoms with E-state index in [1.807, 2.05) is 11.0 Å². The second-order valence-corrected chi connectivity index (χ2v) is 9.09. The van der Waals surface area contributed by atoms with Crippen LogP contribution in [0.3, 0.4) is 0 Å². The van der Waals surface area contributed by atoms with Crippen LogP contribution in [0.1, 0.15) is 48.9 Å². The molecule has 31 heavy (non-hydrogen) atoms. The van der Waals surface area contributed by atoms with Crippen LogP contribution in [-0.2, 0) is 14.4 Å². The summed E-state index contributed by atoms with van der Waals surface area (Å²) in [7, 11) is 0. The molecule has 0 radical (unpaired) electrons. The number of carbonyl (C=O) groups is 4. The molecule has 3 aliphatic rings. The summed E-state index contributed by atoms with van der Waals surface area (Å²) in [6.07, 6.45) is 9.17. The fourth-order valence-electron chi connectivity index (χ4n) is 5.30. The molecule has 3 fully saturated rings. The first-order valence-electron chi connectivity index (χ1n) is 10.8. The van der Waals surface area contributed by atoms with Gasteiger partial charge in [0.15, 0.2) is 0 Å². The molecule has 162 valence electrons. The van der Waals surface area contributed by atoms with Crippen molar-refractivity contribution in [1.29, 1.82) is 0 Å². The number of pyridine rings is 1. The van der Waals surface area contributed by atoms with E-state index in [-0.39, 0.29) is 36.1 Å². The lowest BCUT2D eigenvalue weighted by Crippen LogP contribution is -2.49. The maximum atomic E-state index is 13.3. The standard InChI is InChI=1S/C22H25N5O4/c28-18-6-13(7-19(29)26-18)21(31)27-12-22(3-1-4-22)8-14(27)9-25-20(30)16-10-23-11-17-15(16)2-5-24-17/h2,5,10-11,13-14,24H,1,3-4,6-9,12H2,(H,25,30)(H,26,28,29). The zero-order valence-corrected chi connectivity index (χ0v) is 17.1. The summed E-state index contributed by atoms with van der Waals surface area (Å²) in [5.41, 5.74) is 1.38. The number of aromatic amines is 1. The minimum absolute atomic E-state index is 0.0360. The van der Waals surface area contributed by atoms with Crippen LogP contribution in [0, 0.1) is 11.3 Å². The van der Waals surface area contributed by atoms with E-state index in [0.29, 0.717) is 18.7 Å². The fraction of sp³-hybridized carbons (Fsp3) is 0.500. The third-order valence-electron chi connectivity index (χ3n) is 7.02. The number of fused-ring (bicyclic) bond motifs is 1. The van der Waals surface area contributed by atoms with Crippen LogP contribution in [0.15, 0.2) is 24.7 Å². The molecule has 1 atom stereocenters.